The number of thioether (sulfide) groups is 1. The van der Waals surface area contributed by atoms with E-state index < -0.39 is 0 Å². The van der Waals surface area contributed by atoms with Gasteiger partial charge in [0.05, 0.1) is 11.4 Å². The number of amides is 1. The van der Waals surface area contributed by atoms with Crippen LogP contribution in [0.3, 0.4) is 0 Å². The Morgan fingerprint density at radius 3 is 2.73 bits per heavy atom. The van der Waals surface area contributed by atoms with Crippen LogP contribution < -0.4 is 5.32 Å². The van der Waals surface area contributed by atoms with Crippen LogP contribution in [0.5, 0.6) is 0 Å². The molecule has 0 aliphatic rings. The molecule has 0 unspecified atom stereocenters. The number of carbonyl (C=O) groups is 1. The minimum Gasteiger partial charge on any atom is -0.301 e. The van der Waals surface area contributed by atoms with E-state index in [2.05, 4.69) is 41.4 Å². The van der Waals surface area contributed by atoms with Crippen molar-refractivity contribution < 1.29 is 4.79 Å². The van der Waals surface area contributed by atoms with Gasteiger partial charge in [-0.1, -0.05) is 45.9 Å². The Balaban J connectivity index is 1.39. The van der Waals surface area contributed by atoms with E-state index in [4.69, 9.17) is 0 Å². The first-order chi connectivity index (χ1) is 14.6. The highest BCUT2D eigenvalue weighted by molar-refractivity contribution is 9.10. The van der Waals surface area contributed by atoms with Crippen LogP contribution in [0.1, 0.15) is 6.92 Å². The normalized spacial score (nSPS) is 10.9. The fourth-order valence-electron chi connectivity index (χ4n) is 2.73. The summed E-state index contributed by atoms with van der Waals surface area (Å²) in [6.45, 7) is 2.70. The molecule has 0 fully saturated rings. The van der Waals surface area contributed by atoms with Crippen molar-refractivity contribution in [1.82, 2.24) is 24.7 Å². The van der Waals surface area contributed by atoms with E-state index >= 15 is 0 Å². The van der Waals surface area contributed by atoms with E-state index in [0.717, 1.165) is 21.4 Å². The average Bonchev–Trinajstić information content (AvgIpc) is 3.40. The van der Waals surface area contributed by atoms with E-state index in [9.17, 15) is 4.79 Å². The van der Waals surface area contributed by atoms with Crippen molar-refractivity contribution in [2.75, 3.05) is 11.1 Å². The second-order valence-corrected chi connectivity index (χ2v) is 8.86. The summed E-state index contributed by atoms with van der Waals surface area (Å²) < 4.78 is 2.97. The number of nitrogens with zero attached hydrogens (tertiary/aromatic N) is 5. The van der Waals surface area contributed by atoms with Gasteiger partial charge in [0.1, 0.15) is 5.69 Å². The predicted octanol–water partition coefficient (Wildman–Crippen LogP) is 4.98. The largest absolute Gasteiger partial charge is 0.301 e. The SMILES string of the molecule is CCn1c(SCC(=O)Nc2nc(-c3ccc(Br)cc3)cs2)nnc1-c1ccccn1. The van der Waals surface area contributed by atoms with Crippen molar-refractivity contribution in [2.45, 2.75) is 18.6 Å². The van der Waals surface area contributed by atoms with Crippen molar-refractivity contribution in [3.8, 4) is 22.8 Å². The summed E-state index contributed by atoms with van der Waals surface area (Å²) >= 11 is 6.17. The summed E-state index contributed by atoms with van der Waals surface area (Å²) in [5, 5.41) is 14.5. The van der Waals surface area contributed by atoms with Gasteiger partial charge in [0, 0.05) is 28.2 Å². The molecule has 0 aliphatic heterocycles. The van der Waals surface area contributed by atoms with Crippen molar-refractivity contribution in [1.29, 1.82) is 0 Å². The zero-order chi connectivity index (χ0) is 20.9. The lowest BCUT2D eigenvalue weighted by atomic mass is 10.2. The van der Waals surface area contributed by atoms with Crippen LogP contribution in [0.2, 0.25) is 0 Å². The highest BCUT2D eigenvalue weighted by Gasteiger charge is 2.16. The second-order valence-electron chi connectivity index (χ2n) is 6.15. The quantitative estimate of drug-likeness (QED) is 0.360. The molecule has 30 heavy (non-hydrogen) atoms. The lowest BCUT2D eigenvalue weighted by Gasteiger charge is -2.06. The molecular weight excluding hydrogens is 484 g/mol. The Hall–Kier alpha value is -2.56. The number of benzene rings is 1. The van der Waals surface area contributed by atoms with Gasteiger partial charge in [-0.15, -0.1) is 21.5 Å². The fourth-order valence-corrected chi connectivity index (χ4v) is 4.54. The van der Waals surface area contributed by atoms with Gasteiger partial charge in [0.2, 0.25) is 5.91 Å². The summed E-state index contributed by atoms with van der Waals surface area (Å²) in [7, 11) is 0. The molecule has 4 aromatic rings. The Morgan fingerprint density at radius 1 is 1.17 bits per heavy atom. The summed E-state index contributed by atoms with van der Waals surface area (Å²) in [5.41, 5.74) is 2.59. The zero-order valence-corrected chi connectivity index (χ0v) is 19.2. The van der Waals surface area contributed by atoms with Gasteiger partial charge in [-0.25, -0.2) is 4.98 Å². The lowest BCUT2D eigenvalue weighted by Crippen LogP contribution is -2.14. The number of anilines is 1. The topological polar surface area (TPSA) is 85.6 Å². The van der Waals surface area contributed by atoms with E-state index in [-0.39, 0.29) is 11.7 Å². The first kappa shape index (κ1) is 20.7. The van der Waals surface area contributed by atoms with Crippen molar-refractivity contribution in [3.05, 3.63) is 58.5 Å². The monoisotopic (exact) mass is 500 g/mol. The van der Waals surface area contributed by atoms with E-state index in [1.807, 2.05) is 59.3 Å². The zero-order valence-electron chi connectivity index (χ0n) is 15.9. The molecule has 4 rings (SSSR count). The second kappa shape index (κ2) is 9.50. The standard InChI is InChI=1S/C20H17BrN6OS2/c1-2-27-18(15-5-3-4-10-22-15)25-26-20(27)30-12-17(28)24-19-23-16(11-29-19)13-6-8-14(21)9-7-13/h3-11H,2,12H2,1H3,(H,23,24,28). The molecule has 3 heterocycles. The average molecular weight is 501 g/mol. The van der Waals surface area contributed by atoms with Crippen LogP contribution >= 0.6 is 39.0 Å². The number of thiazole rings is 1. The Bertz CT molecular complexity index is 1140. The third kappa shape index (κ3) is 4.77. The molecule has 7 nitrogen and oxygen atoms in total. The molecule has 0 aliphatic carbocycles. The first-order valence-electron chi connectivity index (χ1n) is 9.12. The van der Waals surface area contributed by atoms with E-state index in [1.54, 1.807) is 6.20 Å². The lowest BCUT2D eigenvalue weighted by molar-refractivity contribution is -0.113. The highest BCUT2D eigenvalue weighted by Crippen LogP contribution is 2.27. The molecule has 152 valence electrons. The Labute approximate surface area is 190 Å². The van der Waals surface area contributed by atoms with E-state index in [1.165, 1.54) is 23.1 Å². The van der Waals surface area contributed by atoms with Gasteiger partial charge in [0.15, 0.2) is 16.1 Å². The van der Waals surface area contributed by atoms with Gasteiger partial charge >= 0.3 is 0 Å². The Kier molecular flexibility index (Phi) is 6.56. The van der Waals surface area contributed by atoms with Crippen LogP contribution in [0, 0.1) is 0 Å². The molecule has 1 aromatic carbocycles. The van der Waals surface area contributed by atoms with Crippen LogP contribution in [0.4, 0.5) is 5.13 Å². The number of hydrogen-bond donors (Lipinski definition) is 1. The maximum absolute atomic E-state index is 12.4. The number of halogens is 1. The van der Waals surface area contributed by atoms with Crippen molar-refractivity contribution in [2.24, 2.45) is 0 Å². The molecule has 0 saturated heterocycles. The number of aromatic nitrogens is 5. The third-order valence-corrected chi connectivity index (χ3v) is 6.40. The number of hydrogen-bond acceptors (Lipinski definition) is 7. The van der Waals surface area contributed by atoms with Crippen molar-refractivity contribution in [3.63, 3.8) is 0 Å². The maximum atomic E-state index is 12.4. The molecule has 3 aromatic heterocycles. The van der Waals surface area contributed by atoms with Crippen LogP contribution in [-0.4, -0.2) is 36.4 Å². The number of carbonyl (C=O) groups excluding carboxylic acids is 1. The third-order valence-electron chi connectivity index (χ3n) is 4.15. The van der Waals surface area contributed by atoms with Gasteiger partial charge in [-0.3, -0.25) is 9.78 Å². The maximum Gasteiger partial charge on any atom is 0.236 e. The molecule has 1 N–H and O–H groups in total. The van der Waals surface area contributed by atoms with Crippen LogP contribution in [-0.2, 0) is 11.3 Å². The molecule has 0 radical (unpaired) electrons. The fraction of sp³-hybridized carbons (Fsp3) is 0.150. The van der Waals surface area contributed by atoms with Gasteiger partial charge in [0.25, 0.3) is 0 Å². The molecule has 0 saturated carbocycles. The number of nitrogens with one attached hydrogen (secondary N) is 1. The summed E-state index contributed by atoms with van der Waals surface area (Å²) in [6, 6.07) is 13.6. The summed E-state index contributed by atoms with van der Waals surface area (Å²) in [4.78, 5) is 21.2. The van der Waals surface area contributed by atoms with Gasteiger partial charge < -0.3 is 9.88 Å². The first-order valence-corrected chi connectivity index (χ1v) is 11.8. The molecular formula is C20H17BrN6OS2. The molecule has 0 spiro atoms. The molecule has 0 atom stereocenters. The summed E-state index contributed by atoms with van der Waals surface area (Å²) in [6.07, 6.45) is 1.72. The van der Waals surface area contributed by atoms with Crippen LogP contribution in [0.15, 0.2) is 63.7 Å². The molecule has 10 heteroatoms. The summed E-state index contributed by atoms with van der Waals surface area (Å²) in [5.74, 6) is 0.773. The Morgan fingerprint density at radius 2 is 2.00 bits per heavy atom. The number of rotatable bonds is 7. The minimum atomic E-state index is -0.137. The molecule has 0 bridgehead atoms. The highest BCUT2D eigenvalue weighted by atomic mass is 79.9. The minimum absolute atomic E-state index is 0.137. The van der Waals surface area contributed by atoms with Gasteiger partial charge in [-0.05, 0) is 31.2 Å². The van der Waals surface area contributed by atoms with Gasteiger partial charge in [-0.2, -0.15) is 0 Å². The number of pyridine rings is 1. The smallest absolute Gasteiger partial charge is 0.236 e. The predicted molar refractivity (Wildman–Crippen MR) is 124 cm³/mol. The molecule has 1 amide bonds. The van der Waals surface area contributed by atoms with Crippen molar-refractivity contribution >= 4 is 50.1 Å². The van der Waals surface area contributed by atoms with Crippen LogP contribution in [0.25, 0.3) is 22.8 Å². The van der Waals surface area contributed by atoms with E-state index in [0.29, 0.717) is 22.7 Å².